The molecule has 2 aromatic heterocycles. The lowest BCUT2D eigenvalue weighted by molar-refractivity contribution is 0.0796. The quantitative estimate of drug-likeness (QED) is 0.878. The monoisotopic (exact) mass is 336 g/mol. The molecule has 0 unspecified atom stereocenters. The third-order valence-electron chi connectivity index (χ3n) is 3.41. The van der Waals surface area contributed by atoms with Gasteiger partial charge in [0.05, 0.1) is 6.04 Å². The van der Waals surface area contributed by atoms with Crippen LogP contribution >= 0.6 is 0 Å². The second-order valence-corrected chi connectivity index (χ2v) is 5.06. The molecule has 0 saturated heterocycles. The molecule has 8 heteroatoms. The van der Waals surface area contributed by atoms with E-state index in [-0.39, 0.29) is 23.8 Å². The first-order chi connectivity index (χ1) is 11.5. The minimum Gasteiger partial charge on any atom is -0.472 e. The van der Waals surface area contributed by atoms with Crippen LogP contribution in [0.2, 0.25) is 0 Å². The Morgan fingerprint density at radius 3 is 2.67 bits per heavy atom. The zero-order valence-electron chi connectivity index (χ0n) is 13.3. The van der Waals surface area contributed by atoms with E-state index >= 15 is 0 Å². The molecule has 2 amide bonds. The van der Waals surface area contributed by atoms with Crippen molar-refractivity contribution in [3.63, 3.8) is 0 Å². The van der Waals surface area contributed by atoms with Crippen molar-refractivity contribution < 1.29 is 18.3 Å². The van der Waals surface area contributed by atoms with Crippen molar-refractivity contribution in [3.8, 4) is 5.88 Å². The van der Waals surface area contributed by atoms with Gasteiger partial charge in [-0.05, 0) is 30.7 Å². The van der Waals surface area contributed by atoms with Gasteiger partial charge in [0.25, 0.3) is 6.43 Å². The highest BCUT2D eigenvalue weighted by molar-refractivity contribution is 5.88. The van der Waals surface area contributed by atoms with Crippen LogP contribution in [0.1, 0.15) is 18.5 Å². The first-order valence-corrected chi connectivity index (χ1v) is 7.29. The van der Waals surface area contributed by atoms with Gasteiger partial charge in [-0.1, -0.05) is 6.07 Å². The van der Waals surface area contributed by atoms with E-state index in [1.54, 1.807) is 31.6 Å². The van der Waals surface area contributed by atoms with Crippen LogP contribution in [-0.2, 0) is 0 Å². The molecule has 0 spiro atoms. The average molecular weight is 336 g/mol. The van der Waals surface area contributed by atoms with Crippen LogP contribution in [0.5, 0.6) is 5.88 Å². The van der Waals surface area contributed by atoms with Gasteiger partial charge >= 0.3 is 6.03 Å². The average Bonchev–Trinajstić information content (AvgIpc) is 2.59. The first-order valence-electron chi connectivity index (χ1n) is 7.29. The number of anilines is 1. The third-order valence-corrected chi connectivity index (χ3v) is 3.41. The minimum absolute atomic E-state index is 0.0259. The Hall–Kier alpha value is -2.77. The number of pyridine rings is 2. The van der Waals surface area contributed by atoms with Crippen molar-refractivity contribution >= 4 is 11.8 Å². The van der Waals surface area contributed by atoms with Crippen molar-refractivity contribution in [1.29, 1.82) is 0 Å². The Balaban J connectivity index is 1.99. The minimum atomic E-state index is -2.59. The molecular formula is C16H18F2N4O2. The van der Waals surface area contributed by atoms with Gasteiger partial charge < -0.3 is 9.64 Å². The van der Waals surface area contributed by atoms with Crippen molar-refractivity contribution in [3.05, 3.63) is 48.3 Å². The summed E-state index contributed by atoms with van der Waals surface area (Å²) in [5.41, 5.74) is 0.935. The van der Waals surface area contributed by atoms with Gasteiger partial charge in [-0.25, -0.2) is 13.6 Å². The molecular weight excluding hydrogens is 318 g/mol. The summed E-state index contributed by atoms with van der Waals surface area (Å²) in [6, 6.07) is 7.66. The van der Waals surface area contributed by atoms with Gasteiger partial charge in [0.15, 0.2) is 6.61 Å². The summed E-state index contributed by atoms with van der Waals surface area (Å²) >= 11 is 0. The van der Waals surface area contributed by atoms with Crippen molar-refractivity contribution in [2.24, 2.45) is 0 Å². The summed E-state index contributed by atoms with van der Waals surface area (Å²) < 4.78 is 29.1. The summed E-state index contributed by atoms with van der Waals surface area (Å²) in [7, 11) is 1.65. The number of urea groups is 1. The van der Waals surface area contributed by atoms with E-state index in [2.05, 4.69) is 15.3 Å². The van der Waals surface area contributed by atoms with Crippen LogP contribution in [0.15, 0.2) is 42.7 Å². The van der Waals surface area contributed by atoms with Gasteiger partial charge in [0.1, 0.15) is 5.82 Å². The van der Waals surface area contributed by atoms with E-state index in [4.69, 9.17) is 4.74 Å². The summed E-state index contributed by atoms with van der Waals surface area (Å²) in [6.45, 7) is 1.13. The van der Waals surface area contributed by atoms with Gasteiger partial charge in [-0.15, -0.1) is 0 Å². The number of rotatable bonds is 6. The molecule has 1 atom stereocenters. The van der Waals surface area contributed by atoms with E-state index in [0.717, 1.165) is 5.56 Å². The van der Waals surface area contributed by atoms with E-state index in [9.17, 15) is 13.6 Å². The van der Waals surface area contributed by atoms with E-state index in [1.165, 1.54) is 11.0 Å². The van der Waals surface area contributed by atoms with Gasteiger partial charge in [-0.3, -0.25) is 10.3 Å². The van der Waals surface area contributed by atoms with Crippen LogP contribution in [-0.4, -0.2) is 41.0 Å². The number of halogens is 2. The Morgan fingerprint density at radius 2 is 2.00 bits per heavy atom. The predicted molar refractivity (Wildman–Crippen MR) is 85.2 cm³/mol. The van der Waals surface area contributed by atoms with Crippen LogP contribution in [0.25, 0.3) is 0 Å². The highest BCUT2D eigenvalue weighted by Crippen LogP contribution is 2.19. The maximum absolute atomic E-state index is 12.3. The second kappa shape index (κ2) is 8.19. The fourth-order valence-corrected chi connectivity index (χ4v) is 1.95. The molecule has 24 heavy (non-hydrogen) atoms. The number of aromatic nitrogens is 2. The lowest BCUT2D eigenvalue weighted by Gasteiger charge is -2.25. The Bertz CT molecular complexity index is 670. The number of carbonyl (C=O) groups excluding carboxylic acids is 1. The molecule has 0 aliphatic rings. The molecule has 0 bridgehead atoms. The SMILES string of the molecule is C[C@@H](c1ccncc1)N(C)C(=O)Nc1cccc(OCC(F)F)n1. The fourth-order valence-electron chi connectivity index (χ4n) is 1.95. The number of hydrogen-bond donors (Lipinski definition) is 1. The van der Waals surface area contributed by atoms with Crippen LogP contribution in [0.4, 0.5) is 19.4 Å². The van der Waals surface area contributed by atoms with Crippen molar-refractivity contribution in [2.75, 3.05) is 19.0 Å². The molecule has 128 valence electrons. The number of carbonyl (C=O) groups is 1. The maximum Gasteiger partial charge on any atom is 0.323 e. The number of ether oxygens (including phenoxy) is 1. The van der Waals surface area contributed by atoms with Gasteiger partial charge in [-0.2, -0.15) is 4.98 Å². The number of nitrogens with one attached hydrogen (secondary N) is 1. The van der Waals surface area contributed by atoms with E-state index in [0.29, 0.717) is 0 Å². The Kier molecular flexibility index (Phi) is 6.00. The van der Waals surface area contributed by atoms with Crippen LogP contribution in [0.3, 0.4) is 0 Å². The lowest BCUT2D eigenvalue weighted by atomic mass is 10.1. The molecule has 0 saturated carbocycles. The highest BCUT2D eigenvalue weighted by atomic mass is 19.3. The normalized spacial score (nSPS) is 11.9. The van der Waals surface area contributed by atoms with Crippen molar-refractivity contribution in [2.45, 2.75) is 19.4 Å². The topological polar surface area (TPSA) is 67.4 Å². The zero-order chi connectivity index (χ0) is 17.5. The zero-order valence-corrected chi connectivity index (χ0v) is 13.3. The maximum atomic E-state index is 12.3. The molecule has 1 N–H and O–H groups in total. The smallest absolute Gasteiger partial charge is 0.323 e. The molecule has 2 rings (SSSR count). The molecule has 2 heterocycles. The number of hydrogen-bond acceptors (Lipinski definition) is 4. The number of alkyl halides is 2. The van der Waals surface area contributed by atoms with Crippen LogP contribution < -0.4 is 10.1 Å². The molecule has 0 aliphatic carbocycles. The predicted octanol–water partition coefficient (Wildman–Crippen LogP) is 3.35. The molecule has 0 radical (unpaired) electrons. The third kappa shape index (κ3) is 4.87. The second-order valence-electron chi connectivity index (χ2n) is 5.06. The molecule has 2 aromatic rings. The number of amides is 2. The summed E-state index contributed by atoms with van der Waals surface area (Å²) in [6.07, 6.45) is 0.726. The van der Waals surface area contributed by atoms with Gasteiger partial charge in [0.2, 0.25) is 5.88 Å². The number of nitrogens with zero attached hydrogens (tertiary/aromatic N) is 3. The fraction of sp³-hybridized carbons (Fsp3) is 0.312. The first kappa shape index (κ1) is 17.6. The Labute approximate surface area is 138 Å². The van der Waals surface area contributed by atoms with Crippen LogP contribution in [0, 0.1) is 0 Å². The Morgan fingerprint density at radius 1 is 1.29 bits per heavy atom. The molecule has 0 fully saturated rings. The van der Waals surface area contributed by atoms with E-state index < -0.39 is 13.0 Å². The highest BCUT2D eigenvalue weighted by Gasteiger charge is 2.18. The molecule has 0 aromatic carbocycles. The summed E-state index contributed by atoms with van der Waals surface area (Å²) in [4.78, 5) is 21.7. The molecule has 6 nitrogen and oxygen atoms in total. The summed E-state index contributed by atoms with van der Waals surface area (Å²) in [5, 5.41) is 2.61. The van der Waals surface area contributed by atoms with Gasteiger partial charge in [0, 0.05) is 25.5 Å². The summed E-state index contributed by atoms with van der Waals surface area (Å²) in [5.74, 6) is 0.249. The molecule has 0 aliphatic heterocycles. The standard InChI is InChI=1S/C16H18F2N4O2/c1-11(12-6-8-19-9-7-12)22(2)16(23)21-14-4-3-5-15(20-14)24-10-13(17)18/h3-9,11,13H,10H2,1-2H3,(H,20,21,23)/t11-/m0/s1. The largest absolute Gasteiger partial charge is 0.472 e. The lowest BCUT2D eigenvalue weighted by Crippen LogP contribution is -2.33. The van der Waals surface area contributed by atoms with E-state index in [1.807, 2.05) is 19.1 Å². The van der Waals surface area contributed by atoms with Crippen molar-refractivity contribution in [1.82, 2.24) is 14.9 Å².